The van der Waals surface area contributed by atoms with Crippen molar-refractivity contribution in [2.24, 2.45) is 0 Å². The number of aryl methyl sites for hydroxylation is 1. The molecule has 0 amide bonds. The summed E-state index contributed by atoms with van der Waals surface area (Å²) in [7, 11) is 0. The lowest BCUT2D eigenvalue weighted by Crippen LogP contribution is -2.27. The first-order chi connectivity index (χ1) is 7.27. The lowest BCUT2D eigenvalue weighted by Gasteiger charge is -2.10. The molecule has 2 N–H and O–H groups in total. The van der Waals surface area contributed by atoms with Crippen molar-refractivity contribution in [3.63, 3.8) is 0 Å². The van der Waals surface area contributed by atoms with Crippen LogP contribution >= 0.6 is 0 Å². The van der Waals surface area contributed by atoms with Crippen LogP contribution in [0.1, 0.15) is 32.5 Å². The molecule has 86 valence electrons. The van der Waals surface area contributed by atoms with Crippen LogP contribution < -0.4 is 5.32 Å². The summed E-state index contributed by atoms with van der Waals surface area (Å²) in [6.07, 6.45) is 5.42. The second kappa shape index (κ2) is 6.58. The number of aliphatic hydroxyl groups is 1. The van der Waals surface area contributed by atoms with Crippen molar-refractivity contribution in [3.8, 4) is 0 Å². The molecule has 1 unspecified atom stereocenters. The number of nitrogens with zero attached hydrogens (tertiary/aromatic N) is 2. The Balaban J connectivity index is 2.25. The molecular weight excluding hydrogens is 190 g/mol. The highest BCUT2D eigenvalue weighted by molar-refractivity contribution is 4.91. The summed E-state index contributed by atoms with van der Waals surface area (Å²) in [6, 6.07) is 0. The van der Waals surface area contributed by atoms with Crippen LogP contribution in [0.4, 0.5) is 0 Å². The number of nitrogens with one attached hydrogen (secondary N) is 1. The van der Waals surface area contributed by atoms with Gasteiger partial charge in [-0.3, -0.25) is 0 Å². The second-order valence-corrected chi connectivity index (χ2v) is 3.70. The van der Waals surface area contributed by atoms with E-state index in [-0.39, 0.29) is 6.10 Å². The van der Waals surface area contributed by atoms with E-state index in [1.807, 2.05) is 12.4 Å². The lowest BCUT2D eigenvalue weighted by atomic mass is 10.2. The van der Waals surface area contributed by atoms with Gasteiger partial charge in [-0.2, -0.15) is 0 Å². The summed E-state index contributed by atoms with van der Waals surface area (Å²) in [5, 5.41) is 12.7. The van der Waals surface area contributed by atoms with Gasteiger partial charge in [0.1, 0.15) is 5.82 Å². The third-order valence-electron chi connectivity index (χ3n) is 2.43. The first-order valence-corrected chi connectivity index (χ1v) is 5.66. The van der Waals surface area contributed by atoms with Gasteiger partial charge in [0.15, 0.2) is 0 Å². The quantitative estimate of drug-likeness (QED) is 0.711. The van der Waals surface area contributed by atoms with E-state index in [0.717, 1.165) is 31.8 Å². The molecule has 1 aromatic heterocycles. The molecule has 1 atom stereocenters. The summed E-state index contributed by atoms with van der Waals surface area (Å²) >= 11 is 0. The fraction of sp³-hybridized carbons (Fsp3) is 0.727. The highest BCUT2D eigenvalue weighted by atomic mass is 16.3. The molecule has 0 aliphatic carbocycles. The number of imidazole rings is 1. The van der Waals surface area contributed by atoms with E-state index in [2.05, 4.69) is 28.7 Å². The van der Waals surface area contributed by atoms with Gasteiger partial charge in [0.25, 0.3) is 0 Å². The molecular formula is C11H21N3O. The smallest absolute Gasteiger partial charge is 0.122 e. The molecule has 4 nitrogen and oxygen atoms in total. The van der Waals surface area contributed by atoms with Crippen LogP contribution in [0.15, 0.2) is 12.4 Å². The average molecular weight is 211 g/mol. The summed E-state index contributed by atoms with van der Waals surface area (Å²) in [6.45, 7) is 6.48. The average Bonchev–Trinajstić information content (AvgIpc) is 2.66. The van der Waals surface area contributed by atoms with Gasteiger partial charge < -0.3 is 15.0 Å². The van der Waals surface area contributed by atoms with Crippen molar-refractivity contribution < 1.29 is 5.11 Å². The zero-order valence-corrected chi connectivity index (χ0v) is 9.61. The normalized spacial score (nSPS) is 13.0. The Morgan fingerprint density at radius 1 is 1.53 bits per heavy atom. The largest absolute Gasteiger partial charge is 0.392 e. The monoisotopic (exact) mass is 211 g/mol. The van der Waals surface area contributed by atoms with Gasteiger partial charge in [-0.15, -0.1) is 0 Å². The summed E-state index contributed by atoms with van der Waals surface area (Å²) in [5.41, 5.74) is 0. The second-order valence-electron chi connectivity index (χ2n) is 3.70. The van der Waals surface area contributed by atoms with Crippen LogP contribution in [0.2, 0.25) is 0 Å². The van der Waals surface area contributed by atoms with Crippen molar-refractivity contribution in [1.29, 1.82) is 0 Å². The van der Waals surface area contributed by atoms with E-state index >= 15 is 0 Å². The molecule has 0 aliphatic rings. The Morgan fingerprint density at radius 2 is 2.33 bits per heavy atom. The third kappa shape index (κ3) is 4.01. The predicted molar refractivity (Wildman–Crippen MR) is 60.5 cm³/mol. The fourth-order valence-electron chi connectivity index (χ4n) is 1.58. The van der Waals surface area contributed by atoms with Crippen LogP contribution in [0.5, 0.6) is 0 Å². The van der Waals surface area contributed by atoms with Crippen molar-refractivity contribution in [2.45, 2.75) is 45.9 Å². The Hall–Kier alpha value is -0.870. The van der Waals surface area contributed by atoms with Crippen LogP contribution in [0.25, 0.3) is 0 Å². The van der Waals surface area contributed by atoms with Crippen LogP contribution in [-0.2, 0) is 13.1 Å². The molecule has 1 rings (SSSR count). The van der Waals surface area contributed by atoms with Gasteiger partial charge in [-0.1, -0.05) is 13.3 Å². The van der Waals surface area contributed by atoms with E-state index in [4.69, 9.17) is 0 Å². The van der Waals surface area contributed by atoms with Crippen LogP contribution in [0.3, 0.4) is 0 Å². The van der Waals surface area contributed by atoms with Gasteiger partial charge in [-0.25, -0.2) is 4.98 Å². The highest BCUT2D eigenvalue weighted by Gasteiger charge is 2.03. The molecule has 0 bridgehead atoms. The number of hydrogen-bond acceptors (Lipinski definition) is 3. The van der Waals surface area contributed by atoms with Crippen molar-refractivity contribution in [1.82, 2.24) is 14.9 Å². The Bertz CT molecular complexity index is 273. The van der Waals surface area contributed by atoms with Crippen molar-refractivity contribution >= 4 is 0 Å². The van der Waals surface area contributed by atoms with Crippen LogP contribution in [-0.4, -0.2) is 27.3 Å². The minimum Gasteiger partial charge on any atom is -0.392 e. The van der Waals surface area contributed by atoms with E-state index < -0.39 is 0 Å². The molecule has 4 heteroatoms. The molecule has 0 saturated heterocycles. The Labute approximate surface area is 91.3 Å². The SMILES string of the molecule is CCCC(O)CNCc1nccn1CC. The maximum Gasteiger partial charge on any atom is 0.122 e. The van der Waals surface area contributed by atoms with Gasteiger partial charge >= 0.3 is 0 Å². The van der Waals surface area contributed by atoms with E-state index in [9.17, 15) is 5.11 Å². The minimum atomic E-state index is -0.236. The van der Waals surface area contributed by atoms with Gasteiger partial charge in [0.2, 0.25) is 0 Å². The number of aliphatic hydroxyl groups excluding tert-OH is 1. The molecule has 0 fully saturated rings. The summed E-state index contributed by atoms with van der Waals surface area (Å²) in [4.78, 5) is 4.25. The molecule has 0 aliphatic heterocycles. The Morgan fingerprint density at radius 3 is 3.00 bits per heavy atom. The van der Waals surface area contributed by atoms with Crippen LogP contribution in [0, 0.1) is 0 Å². The number of rotatable bonds is 7. The molecule has 15 heavy (non-hydrogen) atoms. The van der Waals surface area contributed by atoms with Crippen molar-refractivity contribution in [3.05, 3.63) is 18.2 Å². The van der Waals surface area contributed by atoms with E-state index in [1.165, 1.54) is 0 Å². The lowest BCUT2D eigenvalue weighted by molar-refractivity contribution is 0.160. The van der Waals surface area contributed by atoms with E-state index in [0.29, 0.717) is 6.54 Å². The van der Waals surface area contributed by atoms with Crippen molar-refractivity contribution in [2.75, 3.05) is 6.54 Å². The molecule has 0 radical (unpaired) electrons. The Kier molecular flexibility index (Phi) is 5.36. The van der Waals surface area contributed by atoms with Gasteiger partial charge in [0.05, 0.1) is 12.6 Å². The standard InChI is InChI=1S/C11H21N3O/c1-3-5-10(15)8-12-9-11-13-6-7-14(11)4-2/h6-7,10,12,15H,3-5,8-9H2,1-2H3. The minimum absolute atomic E-state index is 0.236. The van der Waals surface area contributed by atoms with E-state index in [1.54, 1.807) is 0 Å². The maximum atomic E-state index is 9.51. The van der Waals surface area contributed by atoms with Gasteiger partial charge in [-0.05, 0) is 13.3 Å². The predicted octanol–water partition coefficient (Wildman–Crippen LogP) is 1.15. The van der Waals surface area contributed by atoms with Gasteiger partial charge in [0, 0.05) is 25.5 Å². The topological polar surface area (TPSA) is 50.1 Å². The first kappa shape index (κ1) is 12.2. The zero-order valence-electron chi connectivity index (χ0n) is 9.61. The maximum absolute atomic E-state index is 9.51. The molecule has 0 saturated carbocycles. The zero-order chi connectivity index (χ0) is 11.1. The molecule has 1 aromatic rings. The third-order valence-corrected chi connectivity index (χ3v) is 2.43. The number of hydrogen-bond donors (Lipinski definition) is 2. The summed E-state index contributed by atoms with van der Waals surface area (Å²) in [5.74, 6) is 1.03. The molecule has 1 heterocycles. The highest BCUT2D eigenvalue weighted by Crippen LogP contribution is 1.98. The first-order valence-electron chi connectivity index (χ1n) is 5.66. The number of aromatic nitrogens is 2. The summed E-state index contributed by atoms with van der Waals surface area (Å²) < 4.78 is 2.10. The fourth-order valence-corrected chi connectivity index (χ4v) is 1.58. The molecule has 0 aromatic carbocycles. The molecule has 0 spiro atoms.